The predicted molar refractivity (Wildman–Crippen MR) is 80.1 cm³/mol. The fourth-order valence-corrected chi connectivity index (χ4v) is 1.81. The van der Waals surface area contributed by atoms with E-state index in [1.54, 1.807) is 0 Å². The number of carboxylic acids is 2. The van der Waals surface area contributed by atoms with Crippen molar-refractivity contribution in [2.45, 2.75) is 12.2 Å². The number of carbonyl (C=O) groups is 2. The van der Waals surface area contributed by atoms with Gasteiger partial charge in [0.15, 0.2) is 0 Å². The summed E-state index contributed by atoms with van der Waals surface area (Å²) in [4.78, 5) is 18.2. The Bertz CT molecular complexity index is 462. The van der Waals surface area contributed by atoms with Gasteiger partial charge in [0.05, 0.1) is 25.9 Å². The second kappa shape index (κ2) is 10.7. The van der Waals surface area contributed by atoms with Crippen molar-refractivity contribution in [3.05, 3.63) is 35.9 Å². The average Bonchev–Trinajstić information content (AvgIpc) is 2.57. The lowest BCUT2D eigenvalue weighted by molar-refractivity contribution is -0.159. The summed E-state index contributed by atoms with van der Waals surface area (Å²) in [6.07, 6.45) is -0.459. The third-order valence-corrected chi connectivity index (χ3v) is 2.95. The Kier molecular flexibility index (Phi) is 8.85. The lowest BCUT2D eigenvalue weighted by atomic mass is 10.1. The van der Waals surface area contributed by atoms with Crippen LogP contribution in [0.15, 0.2) is 30.3 Å². The van der Waals surface area contributed by atoms with Gasteiger partial charge in [-0.15, -0.1) is 0 Å². The highest BCUT2D eigenvalue weighted by molar-refractivity contribution is 6.27. The number of aliphatic hydroxyl groups excluding tert-OH is 1. The Balaban J connectivity index is 0.000000379. The van der Waals surface area contributed by atoms with E-state index in [1.807, 2.05) is 30.3 Å². The number of ether oxygens (including phenoxy) is 2. The smallest absolute Gasteiger partial charge is 0.414 e. The fourth-order valence-electron chi connectivity index (χ4n) is 1.81. The van der Waals surface area contributed by atoms with Crippen LogP contribution in [0.25, 0.3) is 0 Å². The average molecular weight is 327 g/mol. The second-order valence-electron chi connectivity index (χ2n) is 4.77. The first-order valence-corrected chi connectivity index (χ1v) is 7.10. The molecule has 2 atom stereocenters. The Morgan fingerprint density at radius 2 is 1.91 bits per heavy atom. The van der Waals surface area contributed by atoms with Crippen LogP contribution >= 0.6 is 0 Å². The van der Waals surface area contributed by atoms with Crippen LogP contribution in [-0.2, 0) is 19.1 Å². The number of hydrogen-bond acceptors (Lipinski definition) is 6. The Morgan fingerprint density at radius 1 is 1.26 bits per heavy atom. The first-order chi connectivity index (χ1) is 11.0. The number of nitrogens with one attached hydrogen (secondary N) is 1. The molecule has 1 fully saturated rings. The van der Waals surface area contributed by atoms with E-state index in [0.29, 0.717) is 13.2 Å². The third-order valence-electron chi connectivity index (χ3n) is 2.95. The molecule has 1 aromatic rings. The van der Waals surface area contributed by atoms with Gasteiger partial charge >= 0.3 is 11.9 Å². The minimum atomic E-state index is -1.82. The second-order valence-corrected chi connectivity index (χ2v) is 4.77. The molecule has 0 saturated carbocycles. The maximum absolute atomic E-state index is 9.87. The highest BCUT2D eigenvalue weighted by Gasteiger charge is 2.14. The van der Waals surface area contributed by atoms with Gasteiger partial charge < -0.3 is 30.1 Å². The summed E-state index contributed by atoms with van der Waals surface area (Å²) in [5.41, 5.74) is 0.884. The molecule has 8 nitrogen and oxygen atoms in total. The van der Waals surface area contributed by atoms with Crippen molar-refractivity contribution in [2.75, 3.05) is 32.9 Å². The number of benzene rings is 1. The van der Waals surface area contributed by atoms with Crippen molar-refractivity contribution < 1.29 is 34.4 Å². The van der Waals surface area contributed by atoms with Crippen LogP contribution in [0.5, 0.6) is 0 Å². The van der Waals surface area contributed by atoms with E-state index >= 15 is 0 Å². The number of rotatable bonds is 5. The predicted octanol–water partition coefficient (Wildman–Crippen LogP) is -0.119. The normalized spacial score (nSPS) is 18.4. The molecule has 23 heavy (non-hydrogen) atoms. The maximum atomic E-state index is 9.87. The molecule has 1 aliphatic heterocycles. The molecule has 2 rings (SSSR count). The summed E-state index contributed by atoms with van der Waals surface area (Å²) in [7, 11) is 0. The molecule has 0 radical (unpaired) electrons. The highest BCUT2D eigenvalue weighted by atomic mass is 16.5. The molecule has 0 aromatic heterocycles. The summed E-state index contributed by atoms with van der Waals surface area (Å²) in [5.74, 6) is -3.65. The van der Waals surface area contributed by atoms with Gasteiger partial charge in [0.1, 0.15) is 6.10 Å². The number of carboxylic acid groups (broad SMARTS) is 2. The largest absolute Gasteiger partial charge is 0.473 e. The number of aliphatic hydroxyl groups is 1. The van der Waals surface area contributed by atoms with Gasteiger partial charge in [0.2, 0.25) is 0 Å². The van der Waals surface area contributed by atoms with Crippen molar-refractivity contribution >= 4 is 11.9 Å². The molecular formula is C15H21NO7. The van der Waals surface area contributed by atoms with E-state index in [-0.39, 0.29) is 6.10 Å². The van der Waals surface area contributed by atoms with E-state index in [0.717, 1.165) is 25.3 Å². The van der Waals surface area contributed by atoms with Crippen LogP contribution in [0.4, 0.5) is 0 Å². The van der Waals surface area contributed by atoms with Gasteiger partial charge in [0, 0.05) is 13.1 Å². The van der Waals surface area contributed by atoms with E-state index in [9.17, 15) is 5.11 Å². The van der Waals surface area contributed by atoms with E-state index < -0.39 is 18.0 Å². The monoisotopic (exact) mass is 327 g/mol. The Labute approximate surface area is 133 Å². The van der Waals surface area contributed by atoms with E-state index in [4.69, 9.17) is 29.3 Å². The molecule has 1 aliphatic rings. The fraction of sp³-hybridized carbons (Fsp3) is 0.467. The van der Waals surface area contributed by atoms with Crippen molar-refractivity contribution in [2.24, 2.45) is 0 Å². The van der Waals surface area contributed by atoms with Crippen molar-refractivity contribution in [1.82, 2.24) is 5.32 Å². The van der Waals surface area contributed by atoms with Gasteiger partial charge in [-0.25, -0.2) is 9.59 Å². The zero-order valence-electron chi connectivity index (χ0n) is 12.6. The molecule has 0 aliphatic carbocycles. The van der Waals surface area contributed by atoms with Gasteiger partial charge in [-0.3, -0.25) is 0 Å². The standard InChI is InChI=1S/C13H19NO3.C2H2O4/c15-13(11-4-2-1-3-5-11)10-16-9-12-8-14-6-7-17-12;3-1(4)2(5)6/h1-5,12-15H,6-10H2;(H,3,4)(H,5,6)/t12-,13+;/m0./s1. The molecule has 0 spiro atoms. The van der Waals surface area contributed by atoms with Gasteiger partial charge in [-0.1, -0.05) is 30.3 Å². The topological polar surface area (TPSA) is 125 Å². The Hall–Kier alpha value is -2.00. The van der Waals surface area contributed by atoms with Crippen LogP contribution in [0, 0.1) is 0 Å². The van der Waals surface area contributed by atoms with Gasteiger partial charge in [-0.2, -0.15) is 0 Å². The first kappa shape index (κ1) is 19.0. The molecule has 0 unspecified atom stereocenters. The lowest BCUT2D eigenvalue weighted by Gasteiger charge is -2.23. The molecule has 1 aromatic carbocycles. The number of hydrogen-bond donors (Lipinski definition) is 4. The molecule has 128 valence electrons. The van der Waals surface area contributed by atoms with Crippen LogP contribution in [0.1, 0.15) is 11.7 Å². The highest BCUT2D eigenvalue weighted by Crippen LogP contribution is 2.12. The van der Waals surface area contributed by atoms with Crippen LogP contribution < -0.4 is 5.32 Å². The summed E-state index contributed by atoms with van der Waals surface area (Å²) < 4.78 is 11.0. The SMILES string of the molecule is O=C(O)C(=O)O.O[C@H](COC[C@@H]1CNCCO1)c1ccccc1. The van der Waals surface area contributed by atoms with Crippen LogP contribution in [0.3, 0.4) is 0 Å². The summed E-state index contributed by atoms with van der Waals surface area (Å²) in [5, 5.41) is 27.9. The maximum Gasteiger partial charge on any atom is 0.414 e. The zero-order valence-corrected chi connectivity index (χ0v) is 12.6. The quantitative estimate of drug-likeness (QED) is 0.552. The van der Waals surface area contributed by atoms with Crippen LogP contribution in [0.2, 0.25) is 0 Å². The van der Waals surface area contributed by atoms with Crippen molar-refractivity contribution in [3.63, 3.8) is 0 Å². The first-order valence-electron chi connectivity index (χ1n) is 7.10. The third kappa shape index (κ3) is 8.27. The summed E-state index contributed by atoms with van der Waals surface area (Å²) in [6.45, 7) is 3.29. The molecule has 1 heterocycles. The number of morpholine rings is 1. The van der Waals surface area contributed by atoms with Gasteiger partial charge in [0.25, 0.3) is 0 Å². The van der Waals surface area contributed by atoms with E-state index in [1.165, 1.54) is 0 Å². The minimum absolute atomic E-state index is 0.103. The summed E-state index contributed by atoms with van der Waals surface area (Å²) >= 11 is 0. The van der Waals surface area contributed by atoms with E-state index in [2.05, 4.69) is 5.32 Å². The molecule has 8 heteroatoms. The van der Waals surface area contributed by atoms with Crippen molar-refractivity contribution in [3.8, 4) is 0 Å². The number of aliphatic carboxylic acids is 2. The summed E-state index contributed by atoms with van der Waals surface area (Å²) in [6, 6.07) is 9.54. The molecular weight excluding hydrogens is 306 g/mol. The zero-order chi connectivity index (χ0) is 17.1. The molecule has 1 saturated heterocycles. The molecule has 4 N–H and O–H groups in total. The minimum Gasteiger partial charge on any atom is -0.473 e. The van der Waals surface area contributed by atoms with Gasteiger partial charge in [-0.05, 0) is 5.56 Å². The molecule has 0 bridgehead atoms. The van der Waals surface area contributed by atoms with Crippen LogP contribution in [-0.4, -0.2) is 66.3 Å². The Morgan fingerprint density at radius 3 is 2.43 bits per heavy atom. The molecule has 0 amide bonds. The lowest BCUT2D eigenvalue weighted by Crippen LogP contribution is -2.41. The van der Waals surface area contributed by atoms with Crippen molar-refractivity contribution in [1.29, 1.82) is 0 Å².